The van der Waals surface area contributed by atoms with Crippen molar-refractivity contribution in [2.75, 3.05) is 18.1 Å². The summed E-state index contributed by atoms with van der Waals surface area (Å²) < 4.78 is 27.6. The fourth-order valence-electron chi connectivity index (χ4n) is 5.25. The van der Waals surface area contributed by atoms with Crippen LogP contribution in [-0.2, 0) is 16.0 Å². The molecule has 1 aliphatic heterocycles. The SMILES string of the molecule is CCOC(=O)c1ccc(F)c(N2C[C@@]3(CCC[C@H](Cn4cnc5ccc(C#N)cc54)C3)OC2=O)c1. The minimum Gasteiger partial charge on any atom is -0.462 e. The van der Waals surface area contributed by atoms with Gasteiger partial charge in [-0.1, -0.05) is 0 Å². The molecule has 9 heteroatoms. The summed E-state index contributed by atoms with van der Waals surface area (Å²) >= 11 is 0. The Bertz CT molecular complexity index is 1350. The summed E-state index contributed by atoms with van der Waals surface area (Å²) in [5.41, 5.74) is 1.77. The first-order valence-corrected chi connectivity index (χ1v) is 11.7. The summed E-state index contributed by atoms with van der Waals surface area (Å²) in [5, 5.41) is 9.24. The maximum absolute atomic E-state index is 14.7. The largest absolute Gasteiger partial charge is 0.462 e. The number of carbonyl (C=O) groups excluding carboxylic acids is 2. The molecule has 1 saturated heterocycles. The molecule has 0 bridgehead atoms. The maximum atomic E-state index is 14.7. The van der Waals surface area contributed by atoms with E-state index in [-0.39, 0.29) is 30.3 Å². The molecule has 1 aromatic heterocycles. The van der Waals surface area contributed by atoms with Crippen molar-refractivity contribution in [2.45, 2.75) is 44.8 Å². The molecule has 2 aromatic carbocycles. The first-order valence-electron chi connectivity index (χ1n) is 11.7. The number of anilines is 1. The van der Waals surface area contributed by atoms with E-state index in [0.29, 0.717) is 24.9 Å². The lowest BCUT2D eigenvalue weighted by Gasteiger charge is -2.36. The molecule has 0 radical (unpaired) electrons. The zero-order valence-electron chi connectivity index (χ0n) is 19.4. The molecule has 1 amide bonds. The Morgan fingerprint density at radius 2 is 2.20 bits per heavy atom. The van der Waals surface area contributed by atoms with Crippen LogP contribution in [-0.4, -0.2) is 40.4 Å². The van der Waals surface area contributed by atoms with E-state index in [4.69, 9.17) is 9.47 Å². The Labute approximate surface area is 201 Å². The third-order valence-electron chi connectivity index (χ3n) is 6.83. The van der Waals surface area contributed by atoms with Crippen molar-refractivity contribution in [1.29, 1.82) is 5.26 Å². The number of amides is 1. The quantitative estimate of drug-likeness (QED) is 0.490. The normalized spacial score (nSPS) is 21.8. The lowest BCUT2D eigenvalue weighted by Crippen LogP contribution is -2.40. The van der Waals surface area contributed by atoms with Crippen LogP contribution in [0, 0.1) is 23.1 Å². The van der Waals surface area contributed by atoms with Gasteiger partial charge in [0.2, 0.25) is 0 Å². The molecule has 1 aliphatic carbocycles. The molecule has 0 N–H and O–H groups in total. The number of hydrogen-bond acceptors (Lipinski definition) is 6. The minimum atomic E-state index is -0.722. The summed E-state index contributed by atoms with van der Waals surface area (Å²) in [6.07, 6.45) is 4.31. The maximum Gasteiger partial charge on any atom is 0.415 e. The number of aromatic nitrogens is 2. The topological polar surface area (TPSA) is 97.5 Å². The number of fused-ring (bicyclic) bond motifs is 1. The van der Waals surface area contributed by atoms with E-state index < -0.39 is 23.5 Å². The second-order valence-electron chi connectivity index (χ2n) is 9.20. The van der Waals surface area contributed by atoms with Gasteiger partial charge in [-0.15, -0.1) is 0 Å². The summed E-state index contributed by atoms with van der Waals surface area (Å²) in [6, 6.07) is 11.4. The van der Waals surface area contributed by atoms with E-state index in [0.717, 1.165) is 23.9 Å². The molecule has 3 aromatic rings. The summed E-state index contributed by atoms with van der Waals surface area (Å²) in [7, 11) is 0. The van der Waals surface area contributed by atoms with Gasteiger partial charge in [-0.3, -0.25) is 4.90 Å². The first kappa shape index (κ1) is 22.8. The number of rotatable bonds is 5. The Hall–Kier alpha value is -3.93. The van der Waals surface area contributed by atoms with Crippen molar-refractivity contribution in [2.24, 2.45) is 5.92 Å². The third-order valence-corrected chi connectivity index (χ3v) is 6.83. The van der Waals surface area contributed by atoms with Gasteiger partial charge in [0.1, 0.15) is 11.4 Å². The van der Waals surface area contributed by atoms with E-state index in [1.165, 1.54) is 23.1 Å². The number of nitrogens with zero attached hydrogens (tertiary/aromatic N) is 4. The molecule has 2 heterocycles. The van der Waals surface area contributed by atoms with Crippen LogP contribution in [0.2, 0.25) is 0 Å². The second kappa shape index (κ2) is 9.02. The molecule has 180 valence electrons. The summed E-state index contributed by atoms with van der Waals surface area (Å²) in [4.78, 5) is 30.7. The minimum absolute atomic E-state index is 0.0178. The lowest BCUT2D eigenvalue weighted by molar-refractivity contribution is 0.00438. The van der Waals surface area contributed by atoms with Crippen LogP contribution in [0.1, 0.15) is 48.5 Å². The van der Waals surface area contributed by atoms with Gasteiger partial charge in [0.25, 0.3) is 0 Å². The zero-order chi connectivity index (χ0) is 24.6. The van der Waals surface area contributed by atoms with E-state index in [1.807, 2.05) is 16.7 Å². The number of halogens is 1. The first-order chi connectivity index (χ1) is 16.9. The molecule has 5 rings (SSSR count). The van der Waals surface area contributed by atoms with Crippen LogP contribution in [0.5, 0.6) is 0 Å². The van der Waals surface area contributed by atoms with Gasteiger partial charge < -0.3 is 14.0 Å². The predicted molar refractivity (Wildman–Crippen MR) is 125 cm³/mol. The molecular formula is C26H25FN4O4. The van der Waals surface area contributed by atoms with Gasteiger partial charge in [0, 0.05) is 6.54 Å². The molecule has 0 unspecified atom stereocenters. The van der Waals surface area contributed by atoms with E-state index >= 15 is 0 Å². The highest BCUT2D eigenvalue weighted by Gasteiger charge is 2.49. The van der Waals surface area contributed by atoms with Gasteiger partial charge in [0.15, 0.2) is 0 Å². The Morgan fingerprint density at radius 3 is 3.00 bits per heavy atom. The highest BCUT2D eigenvalue weighted by molar-refractivity contribution is 5.94. The number of hydrogen-bond donors (Lipinski definition) is 0. The second-order valence-corrected chi connectivity index (χ2v) is 9.20. The number of carbonyl (C=O) groups is 2. The van der Waals surface area contributed by atoms with Crippen LogP contribution >= 0.6 is 0 Å². The van der Waals surface area contributed by atoms with Crippen LogP contribution in [0.25, 0.3) is 11.0 Å². The predicted octanol–water partition coefficient (Wildman–Crippen LogP) is 4.81. The van der Waals surface area contributed by atoms with Gasteiger partial charge in [0.05, 0.1) is 53.4 Å². The van der Waals surface area contributed by atoms with Crippen LogP contribution < -0.4 is 4.90 Å². The molecular weight excluding hydrogens is 451 g/mol. The number of ether oxygens (including phenoxy) is 2. The van der Waals surface area contributed by atoms with E-state index in [1.54, 1.807) is 19.3 Å². The van der Waals surface area contributed by atoms with Crippen molar-refractivity contribution < 1.29 is 23.5 Å². The van der Waals surface area contributed by atoms with Crippen molar-refractivity contribution in [1.82, 2.24) is 9.55 Å². The number of esters is 1. The molecule has 35 heavy (non-hydrogen) atoms. The Morgan fingerprint density at radius 1 is 1.34 bits per heavy atom. The van der Waals surface area contributed by atoms with Crippen molar-refractivity contribution in [3.63, 3.8) is 0 Å². The van der Waals surface area contributed by atoms with E-state index in [2.05, 4.69) is 11.1 Å². The highest BCUT2D eigenvalue weighted by atomic mass is 19.1. The Balaban J connectivity index is 1.35. The van der Waals surface area contributed by atoms with Crippen molar-refractivity contribution >= 4 is 28.8 Å². The standard InChI is InChI=1S/C26H25FN4O4/c1-2-34-24(32)19-6-7-20(27)22(11-19)31-15-26(35-25(31)33)9-3-4-18(12-26)14-30-16-29-21-8-5-17(13-28)10-23(21)30/h5-8,10-11,16,18H,2-4,9,12,14-15H2,1H3/t18-,26-/m0/s1. The fourth-order valence-corrected chi connectivity index (χ4v) is 5.25. The monoisotopic (exact) mass is 476 g/mol. The summed E-state index contributed by atoms with van der Waals surface area (Å²) in [5.74, 6) is -0.950. The van der Waals surface area contributed by atoms with Gasteiger partial charge in [-0.25, -0.2) is 19.0 Å². The summed E-state index contributed by atoms with van der Waals surface area (Å²) in [6.45, 7) is 2.79. The van der Waals surface area contributed by atoms with E-state index in [9.17, 15) is 19.2 Å². The molecule has 8 nitrogen and oxygen atoms in total. The highest BCUT2D eigenvalue weighted by Crippen LogP contribution is 2.42. The number of benzene rings is 2. The van der Waals surface area contributed by atoms with Gasteiger partial charge in [-0.2, -0.15) is 5.26 Å². The zero-order valence-corrected chi connectivity index (χ0v) is 19.4. The van der Waals surface area contributed by atoms with Crippen LogP contribution in [0.3, 0.4) is 0 Å². The molecule has 1 saturated carbocycles. The molecule has 2 atom stereocenters. The number of imidazole rings is 1. The van der Waals surface area contributed by atoms with Gasteiger partial charge in [-0.05, 0) is 74.9 Å². The van der Waals surface area contributed by atoms with Crippen molar-refractivity contribution in [3.8, 4) is 6.07 Å². The number of nitriles is 1. The third kappa shape index (κ3) is 4.32. The van der Waals surface area contributed by atoms with Crippen LogP contribution in [0.15, 0.2) is 42.7 Å². The lowest BCUT2D eigenvalue weighted by atomic mass is 9.78. The average Bonchev–Trinajstić information content (AvgIpc) is 3.39. The molecule has 2 fully saturated rings. The Kier molecular flexibility index (Phi) is 5.89. The molecule has 1 spiro atoms. The smallest absolute Gasteiger partial charge is 0.415 e. The molecule has 2 aliphatic rings. The van der Waals surface area contributed by atoms with Crippen LogP contribution in [0.4, 0.5) is 14.9 Å². The fraction of sp³-hybridized carbons (Fsp3) is 0.385. The van der Waals surface area contributed by atoms with Gasteiger partial charge >= 0.3 is 12.1 Å². The van der Waals surface area contributed by atoms with Crippen molar-refractivity contribution in [3.05, 3.63) is 59.7 Å². The average molecular weight is 477 g/mol.